The molecule has 0 spiro atoms. The van der Waals surface area contributed by atoms with Gasteiger partial charge in [-0.1, -0.05) is 29.8 Å². The number of carbonyl (C=O) groups is 1. The van der Waals surface area contributed by atoms with Gasteiger partial charge in [0.2, 0.25) is 5.91 Å². The topological polar surface area (TPSA) is 47.6 Å². The van der Waals surface area contributed by atoms with Crippen LogP contribution < -0.4 is 14.8 Å². The zero-order valence-corrected chi connectivity index (χ0v) is 14.2. The van der Waals surface area contributed by atoms with Crippen molar-refractivity contribution in [2.75, 3.05) is 19.5 Å². The smallest absolute Gasteiger partial charge is 0.416 e. The van der Waals surface area contributed by atoms with E-state index >= 15 is 0 Å². The normalized spacial score (nSPS) is 11.1. The molecule has 2 rings (SSSR count). The molecule has 0 atom stereocenters. The molecule has 0 radical (unpaired) electrons. The fraction of sp³-hybridized carbons (Fsp3) is 0.235. The van der Waals surface area contributed by atoms with E-state index in [9.17, 15) is 18.0 Å². The van der Waals surface area contributed by atoms with Crippen molar-refractivity contribution < 1.29 is 27.4 Å². The molecule has 0 aromatic heterocycles. The van der Waals surface area contributed by atoms with Crippen LogP contribution in [0.1, 0.15) is 11.1 Å². The van der Waals surface area contributed by atoms with Crippen LogP contribution in [0.3, 0.4) is 0 Å². The van der Waals surface area contributed by atoms with Crippen molar-refractivity contribution in [1.29, 1.82) is 0 Å². The summed E-state index contributed by atoms with van der Waals surface area (Å²) in [7, 11) is 2.88. The first-order valence-corrected chi connectivity index (χ1v) is 7.50. The van der Waals surface area contributed by atoms with E-state index in [0.717, 1.165) is 12.1 Å². The maximum Gasteiger partial charge on any atom is 0.416 e. The van der Waals surface area contributed by atoms with E-state index in [4.69, 9.17) is 21.1 Å². The van der Waals surface area contributed by atoms with Crippen molar-refractivity contribution in [1.82, 2.24) is 0 Å². The summed E-state index contributed by atoms with van der Waals surface area (Å²) in [6.07, 6.45) is -4.69. The molecule has 0 saturated heterocycles. The summed E-state index contributed by atoms with van der Waals surface area (Å²) < 4.78 is 48.4. The average molecular weight is 374 g/mol. The Balaban J connectivity index is 2.16. The van der Waals surface area contributed by atoms with Gasteiger partial charge in [0, 0.05) is 12.1 Å². The van der Waals surface area contributed by atoms with Crippen LogP contribution >= 0.6 is 11.6 Å². The number of amides is 1. The summed E-state index contributed by atoms with van der Waals surface area (Å²) in [6.45, 7) is 0. The number of alkyl halides is 3. The summed E-state index contributed by atoms with van der Waals surface area (Å²) >= 11 is 6.07. The Kier molecular flexibility index (Phi) is 5.79. The molecule has 134 valence electrons. The lowest BCUT2D eigenvalue weighted by molar-refractivity contribution is -0.137. The second kappa shape index (κ2) is 7.65. The highest BCUT2D eigenvalue weighted by molar-refractivity contribution is 6.34. The standard InChI is InChI=1S/C17H15ClF3NO3/c1-24-14-8-12(18)13(9-15(14)25-2)22-16(23)7-10-4-3-5-11(6-10)17(19,20)21/h3-6,8-9H,7H2,1-2H3,(H,22,23). The minimum atomic E-state index is -4.46. The van der Waals surface area contributed by atoms with Gasteiger partial charge >= 0.3 is 6.18 Å². The highest BCUT2D eigenvalue weighted by Crippen LogP contribution is 2.36. The van der Waals surface area contributed by atoms with E-state index in [-0.39, 0.29) is 22.7 Å². The first kappa shape index (κ1) is 18.9. The maximum atomic E-state index is 12.7. The molecule has 1 N–H and O–H groups in total. The third-order valence-electron chi connectivity index (χ3n) is 3.37. The molecule has 25 heavy (non-hydrogen) atoms. The predicted octanol–water partition coefficient (Wildman–Crippen LogP) is 4.56. The second-order valence-corrected chi connectivity index (χ2v) is 5.52. The largest absolute Gasteiger partial charge is 0.493 e. The molecule has 4 nitrogen and oxygen atoms in total. The second-order valence-electron chi connectivity index (χ2n) is 5.11. The SMILES string of the molecule is COc1cc(Cl)c(NC(=O)Cc2cccc(C(F)(F)F)c2)cc1OC. The lowest BCUT2D eigenvalue weighted by Crippen LogP contribution is -2.15. The van der Waals surface area contributed by atoms with Crippen molar-refractivity contribution in [3.63, 3.8) is 0 Å². The number of anilines is 1. The summed E-state index contributed by atoms with van der Waals surface area (Å²) in [5.74, 6) is 0.248. The molecule has 2 aromatic carbocycles. The van der Waals surface area contributed by atoms with Gasteiger partial charge in [0.05, 0.1) is 36.9 Å². The average Bonchev–Trinajstić information content (AvgIpc) is 2.55. The molecule has 0 aliphatic rings. The predicted molar refractivity (Wildman–Crippen MR) is 88.3 cm³/mol. The van der Waals surface area contributed by atoms with Gasteiger partial charge in [-0.3, -0.25) is 4.79 Å². The van der Waals surface area contributed by atoms with Gasteiger partial charge in [-0.15, -0.1) is 0 Å². The summed E-state index contributed by atoms with van der Waals surface area (Å²) in [5.41, 5.74) is -0.290. The van der Waals surface area contributed by atoms with Gasteiger partial charge in [-0.25, -0.2) is 0 Å². The third kappa shape index (κ3) is 4.79. The number of nitrogens with one attached hydrogen (secondary N) is 1. The van der Waals surface area contributed by atoms with E-state index in [2.05, 4.69) is 5.32 Å². The van der Waals surface area contributed by atoms with E-state index in [1.165, 1.54) is 38.5 Å². The zero-order chi connectivity index (χ0) is 18.6. The van der Waals surface area contributed by atoms with Crippen LogP contribution in [-0.2, 0) is 17.4 Å². The van der Waals surface area contributed by atoms with Gasteiger partial charge in [0.15, 0.2) is 11.5 Å². The first-order valence-electron chi connectivity index (χ1n) is 7.12. The molecule has 0 fully saturated rings. The lowest BCUT2D eigenvalue weighted by atomic mass is 10.1. The first-order chi connectivity index (χ1) is 11.7. The van der Waals surface area contributed by atoms with E-state index in [1.807, 2.05) is 0 Å². The maximum absolute atomic E-state index is 12.7. The van der Waals surface area contributed by atoms with Crippen molar-refractivity contribution in [2.45, 2.75) is 12.6 Å². The number of hydrogen-bond acceptors (Lipinski definition) is 3. The molecular weight excluding hydrogens is 359 g/mol. The molecule has 0 aliphatic carbocycles. The highest BCUT2D eigenvalue weighted by Gasteiger charge is 2.30. The minimum absolute atomic E-state index is 0.218. The number of benzene rings is 2. The van der Waals surface area contributed by atoms with Crippen LogP contribution in [0.25, 0.3) is 0 Å². The minimum Gasteiger partial charge on any atom is -0.493 e. The van der Waals surface area contributed by atoms with E-state index in [0.29, 0.717) is 11.5 Å². The van der Waals surface area contributed by atoms with Crippen LogP contribution in [-0.4, -0.2) is 20.1 Å². The molecule has 1 amide bonds. The third-order valence-corrected chi connectivity index (χ3v) is 3.68. The van der Waals surface area contributed by atoms with E-state index < -0.39 is 17.6 Å². The van der Waals surface area contributed by atoms with Gasteiger partial charge < -0.3 is 14.8 Å². The van der Waals surface area contributed by atoms with Crippen molar-refractivity contribution in [3.05, 3.63) is 52.5 Å². The van der Waals surface area contributed by atoms with Crippen molar-refractivity contribution >= 4 is 23.2 Å². The van der Waals surface area contributed by atoms with Crippen molar-refractivity contribution in [2.24, 2.45) is 0 Å². The van der Waals surface area contributed by atoms with Crippen LogP contribution in [0.5, 0.6) is 11.5 Å². The van der Waals surface area contributed by atoms with Gasteiger partial charge in [0.1, 0.15) is 0 Å². The van der Waals surface area contributed by atoms with Gasteiger partial charge in [-0.2, -0.15) is 13.2 Å². The number of ether oxygens (including phenoxy) is 2. The molecule has 0 bridgehead atoms. The van der Waals surface area contributed by atoms with Gasteiger partial charge in [0.25, 0.3) is 0 Å². The number of methoxy groups -OCH3 is 2. The Bertz CT molecular complexity index is 778. The fourth-order valence-corrected chi connectivity index (χ4v) is 2.39. The van der Waals surface area contributed by atoms with Gasteiger partial charge in [-0.05, 0) is 11.6 Å². The lowest BCUT2D eigenvalue weighted by Gasteiger charge is -2.13. The molecule has 0 saturated carbocycles. The molecule has 0 unspecified atom stereocenters. The summed E-state index contributed by atoms with van der Waals surface area (Å²) in [4.78, 5) is 12.1. The number of carbonyl (C=O) groups excluding carboxylic acids is 1. The Labute approximate surface area is 147 Å². The van der Waals surface area contributed by atoms with Crippen LogP contribution in [0.2, 0.25) is 5.02 Å². The van der Waals surface area contributed by atoms with Crippen LogP contribution in [0.4, 0.5) is 18.9 Å². The zero-order valence-electron chi connectivity index (χ0n) is 13.4. The van der Waals surface area contributed by atoms with Crippen molar-refractivity contribution in [3.8, 4) is 11.5 Å². The molecule has 0 aliphatic heterocycles. The molecule has 8 heteroatoms. The highest BCUT2D eigenvalue weighted by atomic mass is 35.5. The quantitative estimate of drug-likeness (QED) is 0.836. The molecule has 2 aromatic rings. The van der Waals surface area contributed by atoms with Crippen LogP contribution in [0, 0.1) is 0 Å². The summed E-state index contributed by atoms with van der Waals surface area (Å²) in [5, 5.41) is 2.77. The Hall–Kier alpha value is -2.41. The Morgan fingerprint density at radius 3 is 2.36 bits per heavy atom. The Morgan fingerprint density at radius 1 is 1.12 bits per heavy atom. The van der Waals surface area contributed by atoms with E-state index in [1.54, 1.807) is 0 Å². The van der Waals surface area contributed by atoms with Crippen LogP contribution in [0.15, 0.2) is 36.4 Å². The number of rotatable bonds is 5. The number of hydrogen-bond donors (Lipinski definition) is 1. The Morgan fingerprint density at radius 2 is 1.76 bits per heavy atom. The fourth-order valence-electron chi connectivity index (χ4n) is 2.19. The molecule has 0 heterocycles. The monoisotopic (exact) mass is 373 g/mol. The molecular formula is C17H15ClF3NO3. The number of halogens is 4. The summed E-state index contributed by atoms with van der Waals surface area (Å²) in [6, 6.07) is 7.55.